The summed E-state index contributed by atoms with van der Waals surface area (Å²) in [5.41, 5.74) is 2.37. The molecule has 1 atom stereocenters. The largest absolute Gasteiger partial charge is 0.338 e. The first-order valence-corrected chi connectivity index (χ1v) is 9.26. The third-order valence-electron chi connectivity index (χ3n) is 3.97. The highest BCUT2D eigenvalue weighted by molar-refractivity contribution is 7.73. The Labute approximate surface area is 145 Å². The van der Waals surface area contributed by atoms with Crippen molar-refractivity contribution in [3.05, 3.63) is 83.9 Å². The summed E-state index contributed by atoms with van der Waals surface area (Å²) < 4.78 is 13.1. The van der Waals surface area contributed by atoms with Gasteiger partial charge in [0, 0.05) is 21.7 Å². The van der Waals surface area contributed by atoms with E-state index < -0.39 is 7.37 Å². The molecule has 124 valence electrons. The van der Waals surface area contributed by atoms with Crippen LogP contribution in [0.3, 0.4) is 0 Å². The number of hydrogen-bond acceptors (Lipinski definition) is 3. The van der Waals surface area contributed by atoms with Crippen molar-refractivity contribution in [1.29, 1.82) is 0 Å². The molecule has 0 aliphatic heterocycles. The van der Waals surface area contributed by atoms with Crippen molar-refractivity contribution in [3.8, 4) is 11.1 Å². The van der Waals surface area contributed by atoms with Gasteiger partial charge in [-0.15, -0.1) is 0 Å². The lowest BCUT2D eigenvalue weighted by Gasteiger charge is -2.16. The van der Waals surface area contributed by atoms with Gasteiger partial charge in [0.1, 0.15) is 12.6 Å². The van der Waals surface area contributed by atoms with Crippen LogP contribution in [0.5, 0.6) is 0 Å². The smallest absolute Gasteiger partial charge is 0.259 e. The Balaban J connectivity index is 2.11. The standard InChI is InChI=1S/C20H15O4P/c21-13-15-5-9-17(10-6-15)19-3-1-2-4-20(19)25(23,24)18-11-7-16(14-22)8-12-18/h1-14H,(H,23,24). The van der Waals surface area contributed by atoms with Gasteiger partial charge in [0.05, 0.1) is 0 Å². The van der Waals surface area contributed by atoms with Crippen LogP contribution in [0.1, 0.15) is 20.7 Å². The summed E-state index contributed by atoms with van der Waals surface area (Å²) in [6.45, 7) is 0. The molecule has 0 bridgehead atoms. The minimum atomic E-state index is -3.83. The van der Waals surface area contributed by atoms with Crippen molar-refractivity contribution >= 4 is 30.6 Å². The van der Waals surface area contributed by atoms with Crippen molar-refractivity contribution in [1.82, 2.24) is 0 Å². The summed E-state index contributed by atoms with van der Waals surface area (Å²) in [7, 11) is -3.83. The molecular weight excluding hydrogens is 335 g/mol. The van der Waals surface area contributed by atoms with Gasteiger partial charge < -0.3 is 4.89 Å². The van der Waals surface area contributed by atoms with Gasteiger partial charge in [-0.25, -0.2) is 0 Å². The molecule has 0 amide bonds. The van der Waals surface area contributed by atoms with Gasteiger partial charge in [0.2, 0.25) is 0 Å². The summed E-state index contributed by atoms with van der Waals surface area (Å²) in [6, 6.07) is 19.8. The van der Waals surface area contributed by atoms with Crippen molar-refractivity contribution in [2.75, 3.05) is 0 Å². The molecule has 3 aromatic rings. The van der Waals surface area contributed by atoms with E-state index in [0.29, 0.717) is 28.3 Å². The second-order valence-corrected chi connectivity index (χ2v) is 7.69. The van der Waals surface area contributed by atoms with Crippen LogP contribution < -0.4 is 10.6 Å². The van der Waals surface area contributed by atoms with Crippen LogP contribution in [0.25, 0.3) is 11.1 Å². The molecule has 3 aromatic carbocycles. The molecule has 0 saturated heterocycles. The van der Waals surface area contributed by atoms with Crippen LogP contribution in [-0.4, -0.2) is 17.5 Å². The third-order valence-corrected chi connectivity index (χ3v) is 6.01. The third kappa shape index (κ3) is 3.36. The Morgan fingerprint density at radius 1 is 0.720 bits per heavy atom. The SMILES string of the molecule is O=Cc1ccc(-c2ccccc2P(=O)(O)c2ccc(C=O)cc2)cc1. The summed E-state index contributed by atoms with van der Waals surface area (Å²) >= 11 is 0. The van der Waals surface area contributed by atoms with E-state index in [1.807, 2.05) is 0 Å². The molecule has 4 nitrogen and oxygen atoms in total. The normalized spacial score (nSPS) is 13.0. The maximum Gasteiger partial charge on any atom is 0.259 e. The van der Waals surface area contributed by atoms with E-state index in [1.54, 1.807) is 48.5 Å². The first-order valence-electron chi connectivity index (χ1n) is 7.60. The molecule has 0 radical (unpaired) electrons. The highest BCUT2D eigenvalue weighted by Crippen LogP contribution is 2.41. The molecule has 1 unspecified atom stereocenters. The second kappa shape index (κ2) is 6.98. The van der Waals surface area contributed by atoms with Crippen LogP contribution in [0.15, 0.2) is 72.8 Å². The minimum Gasteiger partial charge on any atom is -0.338 e. The van der Waals surface area contributed by atoms with E-state index in [9.17, 15) is 19.0 Å². The summed E-state index contributed by atoms with van der Waals surface area (Å²) in [5.74, 6) is 0. The van der Waals surface area contributed by atoms with Gasteiger partial charge in [0.25, 0.3) is 7.37 Å². The van der Waals surface area contributed by atoms with Crippen molar-refractivity contribution in [2.24, 2.45) is 0 Å². The second-order valence-electron chi connectivity index (χ2n) is 5.54. The topological polar surface area (TPSA) is 71.4 Å². The molecule has 3 rings (SSSR count). The molecule has 5 heteroatoms. The van der Waals surface area contributed by atoms with Crippen LogP contribution in [-0.2, 0) is 4.57 Å². The fraction of sp³-hybridized carbons (Fsp3) is 0. The molecule has 25 heavy (non-hydrogen) atoms. The monoisotopic (exact) mass is 350 g/mol. The van der Waals surface area contributed by atoms with Crippen molar-refractivity contribution in [2.45, 2.75) is 0 Å². The van der Waals surface area contributed by atoms with Gasteiger partial charge in [0.15, 0.2) is 0 Å². The number of carbonyl (C=O) groups excluding carboxylic acids is 2. The summed E-state index contributed by atoms with van der Waals surface area (Å²) in [4.78, 5) is 32.4. The lowest BCUT2D eigenvalue weighted by atomic mass is 10.0. The van der Waals surface area contributed by atoms with Crippen molar-refractivity contribution in [3.63, 3.8) is 0 Å². The summed E-state index contributed by atoms with van der Waals surface area (Å²) in [6.07, 6.45) is 1.44. The molecule has 0 heterocycles. The Hall–Kier alpha value is -2.81. The zero-order chi connectivity index (χ0) is 17.9. The van der Waals surface area contributed by atoms with Gasteiger partial charge in [-0.3, -0.25) is 14.2 Å². The average molecular weight is 350 g/mol. The van der Waals surface area contributed by atoms with Gasteiger partial charge in [-0.1, -0.05) is 54.6 Å². The Morgan fingerprint density at radius 2 is 1.24 bits per heavy atom. The van der Waals surface area contributed by atoms with Crippen LogP contribution in [0.4, 0.5) is 0 Å². The predicted molar refractivity (Wildman–Crippen MR) is 98.2 cm³/mol. The fourth-order valence-electron chi connectivity index (χ4n) is 2.62. The predicted octanol–water partition coefficient (Wildman–Crippen LogP) is 3.20. The van der Waals surface area contributed by atoms with Crippen LogP contribution >= 0.6 is 7.37 Å². The van der Waals surface area contributed by atoms with E-state index >= 15 is 0 Å². The number of aldehydes is 2. The molecule has 0 saturated carbocycles. The molecule has 0 aliphatic carbocycles. The molecule has 0 spiro atoms. The summed E-state index contributed by atoms with van der Waals surface area (Å²) in [5, 5.41) is 0.572. The highest BCUT2D eigenvalue weighted by Gasteiger charge is 2.27. The van der Waals surface area contributed by atoms with Crippen molar-refractivity contribution < 1.29 is 19.0 Å². The number of carbonyl (C=O) groups is 2. The molecular formula is C20H15O4P. The molecule has 0 aliphatic rings. The van der Waals surface area contributed by atoms with Gasteiger partial charge >= 0.3 is 0 Å². The maximum absolute atomic E-state index is 13.1. The van der Waals surface area contributed by atoms with Gasteiger partial charge in [-0.2, -0.15) is 0 Å². The zero-order valence-corrected chi connectivity index (χ0v) is 14.1. The Bertz CT molecular complexity index is 960. The molecule has 1 N–H and O–H groups in total. The number of rotatable bonds is 5. The first kappa shape index (κ1) is 17.0. The fourth-order valence-corrected chi connectivity index (χ4v) is 4.27. The lowest BCUT2D eigenvalue weighted by Crippen LogP contribution is -2.17. The average Bonchev–Trinajstić information content (AvgIpc) is 2.68. The van der Waals surface area contributed by atoms with Gasteiger partial charge in [-0.05, 0) is 29.3 Å². The van der Waals surface area contributed by atoms with Crippen LogP contribution in [0.2, 0.25) is 0 Å². The highest BCUT2D eigenvalue weighted by atomic mass is 31.2. The maximum atomic E-state index is 13.1. The lowest BCUT2D eigenvalue weighted by molar-refractivity contribution is 0.111. The number of hydrogen-bond donors (Lipinski definition) is 1. The first-order chi connectivity index (χ1) is 12.1. The van der Waals surface area contributed by atoms with Crippen LogP contribution in [0, 0.1) is 0 Å². The van der Waals surface area contributed by atoms with E-state index in [1.165, 1.54) is 24.3 Å². The Kier molecular flexibility index (Phi) is 4.75. The zero-order valence-electron chi connectivity index (χ0n) is 13.2. The molecule has 0 fully saturated rings. The van der Waals surface area contributed by atoms with E-state index in [4.69, 9.17) is 0 Å². The van der Waals surface area contributed by atoms with E-state index in [2.05, 4.69) is 0 Å². The minimum absolute atomic E-state index is 0.259. The molecule has 0 aromatic heterocycles. The van der Waals surface area contributed by atoms with E-state index in [0.717, 1.165) is 11.8 Å². The Morgan fingerprint density at radius 3 is 1.80 bits per heavy atom. The number of benzene rings is 3. The quantitative estimate of drug-likeness (QED) is 0.567. The van der Waals surface area contributed by atoms with E-state index in [-0.39, 0.29) is 5.30 Å².